The van der Waals surface area contributed by atoms with Crippen LogP contribution >= 0.6 is 0 Å². The molecule has 80 valence electrons. The Hall–Kier alpha value is -1.33. The van der Waals surface area contributed by atoms with Crippen molar-refractivity contribution < 1.29 is 0 Å². The quantitative estimate of drug-likeness (QED) is 0.819. The molecule has 2 heteroatoms. The van der Waals surface area contributed by atoms with Crippen LogP contribution in [0.4, 0.5) is 0 Å². The first-order chi connectivity index (χ1) is 7.07. The van der Waals surface area contributed by atoms with E-state index in [-0.39, 0.29) is 17.9 Å². The van der Waals surface area contributed by atoms with E-state index in [1.807, 2.05) is 45.0 Å². The molecule has 0 saturated carbocycles. The van der Waals surface area contributed by atoms with E-state index < -0.39 is 0 Å². The van der Waals surface area contributed by atoms with Crippen LogP contribution in [0.5, 0.6) is 0 Å². The Morgan fingerprint density at radius 3 is 2.33 bits per heavy atom. The van der Waals surface area contributed by atoms with Gasteiger partial charge in [0.1, 0.15) is 0 Å². The zero-order valence-electron chi connectivity index (χ0n) is 9.57. The fraction of sp³-hybridized carbons (Fsp3) is 0.462. The molecule has 2 unspecified atom stereocenters. The molecule has 2 nitrogen and oxygen atoms in total. The summed E-state index contributed by atoms with van der Waals surface area (Å²) in [5.74, 6) is 0.163. The maximum atomic E-state index is 9.09. The Bertz CT molecular complexity index is 363. The van der Waals surface area contributed by atoms with Crippen LogP contribution in [0.3, 0.4) is 0 Å². The van der Waals surface area contributed by atoms with Gasteiger partial charge in [0.15, 0.2) is 0 Å². The van der Waals surface area contributed by atoms with Crippen LogP contribution in [0.2, 0.25) is 0 Å². The van der Waals surface area contributed by atoms with Gasteiger partial charge in [-0.15, -0.1) is 0 Å². The fourth-order valence-electron chi connectivity index (χ4n) is 1.80. The summed E-state index contributed by atoms with van der Waals surface area (Å²) in [6.45, 7) is 6.10. The van der Waals surface area contributed by atoms with E-state index >= 15 is 0 Å². The van der Waals surface area contributed by atoms with E-state index in [1.165, 1.54) is 0 Å². The van der Waals surface area contributed by atoms with Crippen LogP contribution in [0.25, 0.3) is 0 Å². The second-order valence-corrected chi connectivity index (χ2v) is 4.28. The lowest BCUT2D eigenvalue weighted by atomic mass is 9.85. The normalized spacial score (nSPS) is 14.7. The average Bonchev–Trinajstić information content (AvgIpc) is 2.18. The molecule has 2 atom stereocenters. The smallest absolute Gasteiger partial charge is 0.0679 e. The number of nitrogens with zero attached hydrogens (tertiary/aromatic N) is 1. The number of aryl methyl sites for hydroxylation is 1. The molecule has 0 amide bonds. The summed E-state index contributed by atoms with van der Waals surface area (Å²) in [5, 5.41) is 9.09. The van der Waals surface area contributed by atoms with E-state index in [0.717, 1.165) is 11.1 Å². The minimum Gasteiger partial charge on any atom is -0.323 e. The largest absolute Gasteiger partial charge is 0.323 e. The standard InChI is InChI=1S/C13H18N2/c1-9(2)12(8-14)13(15)11-7-5-4-6-10(11)3/h4-7,9,12-13H,15H2,1-3H3. The van der Waals surface area contributed by atoms with Gasteiger partial charge in [0.25, 0.3) is 0 Å². The summed E-state index contributed by atoms with van der Waals surface area (Å²) < 4.78 is 0. The van der Waals surface area contributed by atoms with Crippen molar-refractivity contribution in [3.8, 4) is 6.07 Å². The van der Waals surface area contributed by atoms with Crippen molar-refractivity contribution in [2.24, 2.45) is 17.6 Å². The van der Waals surface area contributed by atoms with Crippen molar-refractivity contribution >= 4 is 0 Å². The lowest BCUT2D eigenvalue weighted by molar-refractivity contribution is 0.403. The third-order valence-corrected chi connectivity index (χ3v) is 2.80. The van der Waals surface area contributed by atoms with E-state index in [4.69, 9.17) is 11.0 Å². The van der Waals surface area contributed by atoms with Gasteiger partial charge in [-0.1, -0.05) is 38.1 Å². The van der Waals surface area contributed by atoms with Crippen molar-refractivity contribution in [1.82, 2.24) is 0 Å². The van der Waals surface area contributed by atoms with Crippen LogP contribution in [-0.2, 0) is 0 Å². The Balaban J connectivity index is 2.99. The summed E-state index contributed by atoms with van der Waals surface area (Å²) in [6.07, 6.45) is 0. The molecule has 0 bridgehead atoms. The van der Waals surface area contributed by atoms with Crippen LogP contribution in [0.1, 0.15) is 31.0 Å². The van der Waals surface area contributed by atoms with Crippen LogP contribution in [0, 0.1) is 30.1 Å². The molecule has 0 heterocycles. The molecule has 0 radical (unpaired) electrons. The van der Waals surface area contributed by atoms with Crippen LogP contribution in [-0.4, -0.2) is 0 Å². The first-order valence-corrected chi connectivity index (χ1v) is 5.28. The molecule has 0 aliphatic carbocycles. The average molecular weight is 202 g/mol. The number of rotatable bonds is 3. The zero-order chi connectivity index (χ0) is 11.4. The van der Waals surface area contributed by atoms with Gasteiger partial charge in [-0.25, -0.2) is 0 Å². The SMILES string of the molecule is Cc1ccccc1C(N)C(C#N)C(C)C. The number of benzene rings is 1. The van der Waals surface area contributed by atoms with Crippen molar-refractivity contribution in [1.29, 1.82) is 5.26 Å². The van der Waals surface area contributed by atoms with Gasteiger partial charge < -0.3 is 5.73 Å². The number of hydrogen-bond acceptors (Lipinski definition) is 2. The second-order valence-electron chi connectivity index (χ2n) is 4.28. The molecular formula is C13H18N2. The summed E-state index contributed by atoms with van der Waals surface area (Å²) in [4.78, 5) is 0. The van der Waals surface area contributed by atoms with Crippen molar-refractivity contribution in [2.45, 2.75) is 26.8 Å². The first kappa shape index (κ1) is 11.7. The predicted molar refractivity (Wildman–Crippen MR) is 62.0 cm³/mol. The second kappa shape index (κ2) is 4.95. The maximum Gasteiger partial charge on any atom is 0.0679 e. The third kappa shape index (κ3) is 2.57. The van der Waals surface area contributed by atoms with E-state index in [9.17, 15) is 0 Å². The Morgan fingerprint density at radius 2 is 1.87 bits per heavy atom. The molecule has 0 aliphatic heterocycles. The van der Waals surface area contributed by atoms with Gasteiger partial charge in [-0.3, -0.25) is 0 Å². The molecule has 0 aromatic heterocycles. The molecule has 1 aromatic rings. The molecule has 1 aromatic carbocycles. The summed E-state index contributed by atoms with van der Waals surface area (Å²) in [5.41, 5.74) is 8.37. The molecule has 1 rings (SSSR count). The topological polar surface area (TPSA) is 49.8 Å². The molecule has 0 spiro atoms. The summed E-state index contributed by atoms with van der Waals surface area (Å²) in [6, 6.07) is 10.1. The molecule has 15 heavy (non-hydrogen) atoms. The van der Waals surface area contributed by atoms with Gasteiger partial charge in [-0.2, -0.15) is 5.26 Å². The van der Waals surface area contributed by atoms with Gasteiger partial charge in [0.05, 0.1) is 12.0 Å². The van der Waals surface area contributed by atoms with Gasteiger partial charge in [-0.05, 0) is 24.0 Å². The lowest BCUT2D eigenvalue weighted by Crippen LogP contribution is -2.25. The highest BCUT2D eigenvalue weighted by atomic mass is 14.7. The molecule has 2 N–H and O–H groups in total. The van der Waals surface area contributed by atoms with Crippen molar-refractivity contribution in [2.75, 3.05) is 0 Å². The highest BCUT2D eigenvalue weighted by Gasteiger charge is 2.23. The number of nitriles is 1. The molecular weight excluding hydrogens is 184 g/mol. The predicted octanol–water partition coefficient (Wildman–Crippen LogP) is 2.79. The molecule has 0 saturated heterocycles. The monoisotopic (exact) mass is 202 g/mol. The van der Waals surface area contributed by atoms with Crippen molar-refractivity contribution in [3.63, 3.8) is 0 Å². The zero-order valence-corrected chi connectivity index (χ0v) is 9.57. The van der Waals surface area contributed by atoms with E-state index in [2.05, 4.69) is 6.07 Å². The minimum absolute atomic E-state index is 0.119. The first-order valence-electron chi connectivity index (χ1n) is 5.28. The number of nitrogens with two attached hydrogens (primary N) is 1. The lowest BCUT2D eigenvalue weighted by Gasteiger charge is -2.22. The third-order valence-electron chi connectivity index (χ3n) is 2.80. The van der Waals surface area contributed by atoms with Crippen LogP contribution in [0.15, 0.2) is 24.3 Å². The highest BCUT2D eigenvalue weighted by molar-refractivity contribution is 5.30. The summed E-state index contributed by atoms with van der Waals surface area (Å²) in [7, 11) is 0. The number of hydrogen-bond donors (Lipinski definition) is 1. The van der Waals surface area contributed by atoms with Gasteiger partial charge in [0.2, 0.25) is 0 Å². The van der Waals surface area contributed by atoms with Crippen LogP contribution < -0.4 is 5.73 Å². The van der Waals surface area contributed by atoms with E-state index in [1.54, 1.807) is 0 Å². The minimum atomic E-state index is -0.184. The highest BCUT2D eigenvalue weighted by Crippen LogP contribution is 2.27. The summed E-state index contributed by atoms with van der Waals surface area (Å²) >= 11 is 0. The van der Waals surface area contributed by atoms with Crippen molar-refractivity contribution in [3.05, 3.63) is 35.4 Å². The Labute approximate surface area is 91.7 Å². The van der Waals surface area contributed by atoms with Gasteiger partial charge in [0, 0.05) is 6.04 Å². The molecule has 0 fully saturated rings. The van der Waals surface area contributed by atoms with E-state index in [0.29, 0.717) is 0 Å². The fourth-order valence-corrected chi connectivity index (χ4v) is 1.80. The Kier molecular flexibility index (Phi) is 3.88. The maximum absolute atomic E-state index is 9.09. The Morgan fingerprint density at radius 1 is 1.27 bits per heavy atom. The van der Waals surface area contributed by atoms with Gasteiger partial charge >= 0.3 is 0 Å². The molecule has 0 aliphatic rings.